The van der Waals surface area contributed by atoms with Crippen molar-refractivity contribution in [3.8, 4) is 22.9 Å². The number of fused-ring (bicyclic) bond motifs is 2. The molecule has 1 N–H and O–H groups in total. The molecule has 5 rings (SSSR count). The molecule has 9 heteroatoms. The molecule has 0 spiro atoms. The Labute approximate surface area is 166 Å². The summed E-state index contributed by atoms with van der Waals surface area (Å²) in [7, 11) is 1.40. The van der Waals surface area contributed by atoms with Crippen LogP contribution in [0.1, 0.15) is 24.4 Å². The van der Waals surface area contributed by atoms with Crippen molar-refractivity contribution in [3.05, 3.63) is 56.5 Å². The Kier molecular flexibility index (Phi) is 3.79. The van der Waals surface area contributed by atoms with Crippen LogP contribution in [0.5, 0.6) is 5.75 Å². The van der Waals surface area contributed by atoms with Crippen LogP contribution in [0.3, 0.4) is 0 Å². The fraction of sp³-hybridized carbons (Fsp3) is 0.200. The first-order valence-corrected chi connectivity index (χ1v) is 9.68. The number of hydrogen-bond donors (Lipinski definition) is 1. The van der Waals surface area contributed by atoms with E-state index >= 15 is 4.39 Å². The van der Waals surface area contributed by atoms with Gasteiger partial charge in [-0.3, -0.25) is 18.9 Å². The van der Waals surface area contributed by atoms with Crippen LogP contribution in [0, 0.1) is 17.1 Å². The van der Waals surface area contributed by atoms with Gasteiger partial charge in [-0.25, -0.2) is 4.39 Å². The van der Waals surface area contributed by atoms with E-state index in [1.807, 2.05) is 10.6 Å². The monoisotopic (exact) mass is 408 g/mol. The Morgan fingerprint density at radius 1 is 1.41 bits per heavy atom. The zero-order valence-corrected chi connectivity index (χ0v) is 16.0. The Morgan fingerprint density at radius 3 is 2.90 bits per heavy atom. The lowest BCUT2D eigenvalue weighted by Crippen LogP contribution is -2.16. The first-order chi connectivity index (χ1) is 14.1. The van der Waals surface area contributed by atoms with E-state index in [9.17, 15) is 14.9 Å². The molecule has 1 aliphatic carbocycles. The number of rotatable bonds is 3. The summed E-state index contributed by atoms with van der Waals surface area (Å²) < 4.78 is 25.4. The molecule has 0 aliphatic heterocycles. The summed E-state index contributed by atoms with van der Waals surface area (Å²) in [5.74, 6) is -0.544. The maximum atomic E-state index is 15.3. The number of pyridine rings is 2. The van der Waals surface area contributed by atoms with E-state index in [4.69, 9.17) is 4.74 Å². The van der Waals surface area contributed by atoms with Gasteiger partial charge in [0.2, 0.25) is 5.43 Å². The summed E-state index contributed by atoms with van der Waals surface area (Å²) in [6.07, 6.45) is 4.59. The van der Waals surface area contributed by atoms with Crippen LogP contribution in [0.25, 0.3) is 32.2 Å². The van der Waals surface area contributed by atoms with E-state index in [-0.39, 0.29) is 33.7 Å². The van der Waals surface area contributed by atoms with Crippen molar-refractivity contribution in [2.45, 2.75) is 18.9 Å². The number of ether oxygens (including phenoxy) is 1. The lowest BCUT2D eigenvalue weighted by atomic mass is 9.98. The second-order valence-electron chi connectivity index (χ2n) is 6.84. The van der Waals surface area contributed by atoms with Crippen molar-refractivity contribution >= 4 is 32.7 Å². The van der Waals surface area contributed by atoms with Crippen molar-refractivity contribution in [2.24, 2.45) is 0 Å². The summed E-state index contributed by atoms with van der Waals surface area (Å²) in [6.45, 7) is 0. The highest BCUT2D eigenvalue weighted by atomic mass is 32.1. The van der Waals surface area contributed by atoms with Gasteiger partial charge in [0.25, 0.3) is 5.56 Å². The lowest BCUT2D eigenvalue weighted by molar-refractivity contribution is 0.416. The molecule has 3 aromatic heterocycles. The number of aromatic amines is 1. The third-order valence-electron chi connectivity index (χ3n) is 5.15. The molecule has 7 nitrogen and oxygen atoms in total. The van der Waals surface area contributed by atoms with Crippen LogP contribution in [0.15, 0.2) is 34.1 Å². The summed E-state index contributed by atoms with van der Waals surface area (Å²) in [5, 5.41) is 9.56. The molecule has 0 unspecified atom stereocenters. The molecule has 0 atom stereocenters. The standard InChI is InChI=1S/C20H13FN4O3S/c1-28-18-14(11-4-5-23-8-9(11)7-22)13(21)6-12-16(18)25(10-2-3-10)20-15(17(12)26)19(27)24-29-20/h4-6,8,10H,2-3H2,1H3,(H,24,27). The van der Waals surface area contributed by atoms with Crippen molar-refractivity contribution in [1.29, 1.82) is 5.26 Å². The van der Waals surface area contributed by atoms with Crippen LogP contribution in [-0.4, -0.2) is 21.0 Å². The Morgan fingerprint density at radius 2 is 2.21 bits per heavy atom. The molecular formula is C20H13FN4O3S. The number of methoxy groups -OCH3 is 1. The van der Waals surface area contributed by atoms with Gasteiger partial charge in [0.1, 0.15) is 22.1 Å². The van der Waals surface area contributed by atoms with E-state index in [0.717, 1.165) is 30.4 Å². The number of nitrogens with zero attached hydrogens (tertiary/aromatic N) is 3. The number of hydrogen-bond acceptors (Lipinski definition) is 6. The van der Waals surface area contributed by atoms with E-state index in [1.165, 1.54) is 25.6 Å². The lowest BCUT2D eigenvalue weighted by Gasteiger charge is -2.18. The van der Waals surface area contributed by atoms with E-state index < -0.39 is 16.8 Å². The quantitative estimate of drug-likeness (QED) is 0.560. The number of halogens is 1. The zero-order chi connectivity index (χ0) is 20.3. The van der Waals surface area contributed by atoms with Gasteiger partial charge in [0.15, 0.2) is 5.75 Å². The van der Waals surface area contributed by atoms with E-state index in [0.29, 0.717) is 15.9 Å². The van der Waals surface area contributed by atoms with Crippen LogP contribution in [0.2, 0.25) is 0 Å². The molecule has 1 fully saturated rings. The third-order valence-corrected chi connectivity index (χ3v) is 6.03. The minimum atomic E-state index is -0.706. The second kappa shape index (κ2) is 6.25. The summed E-state index contributed by atoms with van der Waals surface area (Å²) in [4.78, 5) is 29.7. The molecular weight excluding hydrogens is 395 g/mol. The summed E-state index contributed by atoms with van der Waals surface area (Å²) in [6, 6.07) is 4.78. The number of benzene rings is 1. The molecule has 3 heterocycles. The normalized spacial score (nSPS) is 13.7. The maximum Gasteiger partial charge on any atom is 0.271 e. The molecule has 1 aromatic carbocycles. The van der Waals surface area contributed by atoms with Crippen LogP contribution >= 0.6 is 11.5 Å². The second-order valence-corrected chi connectivity index (χ2v) is 7.63. The maximum absolute atomic E-state index is 15.3. The minimum Gasteiger partial charge on any atom is -0.494 e. The molecule has 29 heavy (non-hydrogen) atoms. The van der Waals surface area contributed by atoms with Gasteiger partial charge in [-0.05, 0) is 36.5 Å². The van der Waals surface area contributed by atoms with Gasteiger partial charge < -0.3 is 9.30 Å². The highest BCUT2D eigenvalue weighted by Gasteiger charge is 2.32. The summed E-state index contributed by atoms with van der Waals surface area (Å²) >= 11 is 1.08. The largest absolute Gasteiger partial charge is 0.494 e. The van der Waals surface area contributed by atoms with Gasteiger partial charge in [-0.2, -0.15) is 5.26 Å². The SMILES string of the molecule is COc1c(-c2ccncc2C#N)c(F)cc2c(=O)c3c(=O)[nH]sc3n(C3CC3)c12. The molecule has 0 bridgehead atoms. The first kappa shape index (κ1) is 17.6. The Bertz CT molecular complexity index is 1470. The fourth-order valence-electron chi connectivity index (χ4n) is 3.76. The first-order valence-electron chi connectivity index (χ1n) is 8.87. The van der Waals surface area contributed by atoms with Crippen LogP contribution in [0.4, 0.5) is 4.39 Å². The highest BCUT2D eigenvalue weighted by Crippen LogP contribution is 2.45. The molecule has 1 saturated carbocycles. The van der Waals surface area contributed by atoms with E-state index in [2.05, 4.69) is 9.36 Å². The van der Waals surface area contributed by atoms with Gasteiger partial charge in [-0.1, -0.05) is 0 Å². The number of nitriles is 1. The molecule has 0 saturated heterocycles. The van der Waals surface area contributed by atoms with Crippen molar-refractivity contribution < 1.29 is 9.13 Å². The number of aromatic nitrogens is 3. The summed E-state index contributed by atoms with van der Waals surface area (Å²) in [5.41, 5.74) is 0.0338. The molecule has 4 aromatic rings. The number of H-pyrrole nitrogens is 1. The van der Waals surface area contributed by atoms with Gasteiger partial charge in [0, 0.05) is 24.0 Å². The number of nitrogens with one attached hydrogen (secondary N) is 1. The minimum absolute atomic E-state index is 0.0326. The average Bonchev–Trinajstić information content (AvgIpc) is 3.49. The fourth-order valence-corrected chi connectivity index (χ4v) is 4.68. The predicted molar refractivity (Wildman–Crippen MR) is 107 cm³/mol. The van der Waals surface area contributed by atoms with E-state index in [1.54, 1.807) is 0 Å². The molecule has 0 amide bonds. The third kappa shape index (κ3) is 2.42. The van der Waals surface area contributed by atoms with Crippen LogP contribution < -0.4 is 15.7 Å². The Hall–Kier alpha value is -3.51. The molecule has 144 valence electrons. The van der Waals surface area contributed by atoms with Gasteiger partial charge in [0.05, 0.1) is 29.1 Å². The Balaban J connectivity index is 2.04. The smallest absolute Gasteiger partial charge is 0.271 e. The molecule has 1 aliphatic rings. The average molecular weight is 408 g/mol. The van der Waals surface area contributed by atoms with Crippen LogP contribution in [-0.2, 0) is 0 Å². The topological polar surface area (TPSA) is 101 Å². The van der Waals surface area contributed by atoms with Gasteiger partial charge in [-0.15, -0.1) is 0 Å². The molecule has 0 radical (unpaired) electrons. The van der Waals surface area contributed by atoms with Crippen molar-refractivity contribution in [1.82, 2.24) is 13.9 Å². The zero-order valence-electron chi connectivity index (χ0n) is 15.2. The van der Waals surface area contributed by atoms with Crippen molar-refractivity contribution in [2.75, 3.05) is 7.11 Å². The van der Waals surface area contributed by atoms with Crippen molar-refractivity contribution in [3.63, 3.8) is 0 Å². The predicted octanol–water partition coefficient (Wildman–Crippen LogP) is 3.32. The highest BCUT2D eigenvalue weighted by molar-refractivity contribution is 7.12. The van der Waals surface area contributed by atoms with Gasteiger partial charge >= 0.3 is 0 Å².